The van der Waals surface area contributed by atoms with Gasteiger partial charge >= 0.3 is 5.97 Å². The smallest absolute Gasteiger partial charge is 0.375 e. The van der Waals surface area contributed by atoms with Crippen LogP contribution in [0.4, 0.5) is 0 Å². The van der Waals surface area contributed by atoms with E-state index in [-0.39, 0.29) is 12.4 Å². The normalized spacial score (nSPS) is 11.5. The number of carbonyl (C=O) groups is 1. The monoisotopic (exact) mass is 172 g/mol. The Morgan fingerprint density at radius 3 is 2.75 bits per heavy atom. The standard InChI is InChI=1S/C8H12O4/c1-4-5-11-6(2)8(10)12-7(3)9/h4,7,9H,1-2,5H2,3H3. The number of esters is 1. The minimum Gasteiger partial charge on any atom is -0.483 e. The molecule has 68 valence electrons. The van der Waals surface area contributed by atoms with Gasteiger partial charge in [-0.15, -0.1) is 0 Å². The van der Waals surface area contributed by atoms with E-state index >= 15 is 0 Å². The van der Waals surface area contributed by atoms with Gasteiger partial charge in [-0.2, -0.15) is 0 Å². The van der Waals surface area contributed by atoms with E-state index in [1.165, 1.54) is 13.0 Å². The summed E-state index contributed by atoms with van der Waals surface area (Å²) in [6.45, 7) is 8.18. The minimum atomic E-state index is -1.15. The van der Waals surface area contributed by atoms with Crippen molar-refractivity contribution in [1.29, 1.82) is 0 Å². The van der Waals surface area contributed by atoms with Crippen molar-refractivity contribution in [2.24, 2.45) is 0 Å². The predicted octanol–water partition coefficient (Wildman–Crippen LogP) is 0.584. The SMILES string of the molecule is C=CCOC(=C)C(=O)OC(C)O. The molecule has 1 unspecified atom stereocenters. The molecule has 0 aromatic carbocycles. The molecule has 0 spiro atoms. The third-order valence-electron chi connectivity index (χ3n) is 0.881. The topological polar surface area (TPSA) is 55.8 Å². The summed E-state index contributed by atoms with van der Waals surface area (Å²) in [5.41, 5.74) is 0. The molecule has 0 saturated carbocycles. The maximum Gasteiger partial charge on any atom is 0.375 e. The van der Waals surface area contributed by atoms with E-state index in [2.05, 4.69) is 17.9 Å². The van der Waals surface area contributed by atoms with Gasteiger partial charge in [0, 0.05) is 0 Å². The Bertz CT molecular complexity index is 183. The maximum atomic E-state index is 10.8. The van der Waals surface area contributed by atoms with Crippen molar-refractivity contribution in [3.8, 4) is 0 Å². The molecule has 0 amide bonds. The summed E-state index contributed by atoms with van der Waals surface area (Å²) in [5, 5.41) is 8.64. The Labute approximate surface area is 71.1 Å². The van der Waals surface area contributed by atoms with Gasteiger partial charge in [0.1, 0.15) is 6.61 Å². The molecule has 0 rings (SSSR count). The summed E-state index contributed by atoms with van der Waals surface area (Å²) in [6, 6.07) is 0. The first kappa shape index (κ1) is 10.7. The summed E-state index contributed by atoms with van der Waals surface area (Å²) in [7, 11) is 0. The lowest BCUT2D eigenvalue weighted by molar-refractivity contribution is -0.163. The summed E-state index contributed by atoms with van der Waals surface area (Å²) >= 11 is 0. The van der Waals surface area contributed by atoms with Gasteiger partial charge in [0.25, 0.3) is 0 Å². The van der Waals surface area contributed by atoms with E-state index in [9.17, 15) is 4.79 Å². The maximum absolute atomic E-state index is 10.8. The molecule has 0 heterocycles. The van der Waals surface area contributed by atoms with Crippen LogP contribution >= 0.6 is 0 Å². The molecular formula is C8H12O4. The van der Waals surface area contributed by atoms with Gasteiger partial charge in [-0.25, -0.2) is 4.79 Å². The second-order valence-corrected chi connectivity index (χ2v) is 2.03. The second kappa shape index (κ2) is 5.37. The zero-order valence-corrected chi connectivity index (χ0v) is 6.95. The molecular weight excluding hydrogens is 160 g/mol. The van der Waals surface area contributed by atoms with E-state index in [0.29, 0.717) is 0 Å². The van der Waals surface area contributed by atoms with E-state index in [4.69, 9.17) is 9.84 Å². The predicted molar refractivity (Wildman–Crippen MR) is 43.1 cm³/mol. The highest BCUT2D eigenvalue weighted by Gasteiger charge is 2.11. The lowest BCUT2D eigenvalue weighted by Gasteiger charge is -2.08. The Balaban J connectivity index is 3.77. The Kier molecular flexibility index (Phi) is 4.79. The Morgan fingerprint density at radius 1 is 1.75 bits per heavy atom. The van der Waals surface area contributed by atoms with Crippen LogP contribution < -0.4 is 0 Å². The van der Waals surface area contributed by atoms with E-state index in [0.717, 1.165) is 0 Å². The fourth-order valence-corrected chi connectivity index (χ4v) is 0.439. The van der Waals surface area contributed by atoms with Gasteiger partial charge in [-0.05, 0) is 13.5 Å². The van der Waals surface area contributed by atoms with Crippen molar-refractivity contribution >= 4 is 5.97 Å². The summed E-state index contributed by atoms with van der Waals surface area (Å²) in [6.07, 6.45) is 0.322. The third-order valence-corrected chi connectivity index (χ3v) is 0.881. The molecule has 0 aliphatic heterocycles. The average molecular weight is 172 g/mol. The molecule has 0 aromatic rings. The first-order valence-corrected chi connectivity index (χ1v) is 3.39. The molecule has 0 aromatic heterocycles. The van der Waals surface area contributed by atoms with Gasteiger partial charge in [0.2, 0.25) is 0 Å². The molecule has 12 heavy (non-hydrogen) atoms. The number of aliphatic hydroxyl groups excluding tert-OH is 1. The van der Waals surface area contributed by atoms with Crippen LogP contribution in [0.15, 0.2) is 25.0 Å². The first-order valence-electron chi connectivity index (χ1n) is 3.39. The number of rotatable bonds is 5. The minimum absolute atomic E-state index is 0.143. The second-order valence-electron chi connectivity index (χ2n) is 2.03. The lowest BCUT2D eigenvalue weighted by Crippen LogP contribution is -2.16. The average Bonchev–Trinajstić information content (AvgIpc) is 1.98. The molecule has 0 aliphatic rings. The highest BCUT2D eigenvalue weighted by molar-refractivity contribution is 5.85. The van der Waals surface area contributed by atoms with Crippen molar-refractivity contribution in [2.45, 2.75) is 13.2 Å². The molecule has 1 N–H and O–H groups in total. The highest BCUT2D eigenvalue weighted by atomic mass is 16.6. The van der Waals surface area contributed by atoms with Crippen LogP contribution in [0.2, 0.25) is 0 Å². The number of aliphatic hydroxyl groups is 1. The van der Waals surface area contributed by atoms with Gasteiger partial charge in [0.05, 0.1) is 0 Å². The molecule has 0 aliphatic carbocycles. The molecule has 0 saturated heterocycles. The summed E-state index contributed by atoms with van der Waals surface area (Å²) < 4.78 is 9.12. The first-order chi connectivity index (χ1) is 5.57. The highest BCUT2D eigenvalue weighted by Crippen LogP contribution is 1.99. The molecule has 0 radical (unpaired) electrons. The van der Waals surface area contributed by atoms with Crippen LogP contribution in [-0.2, 0) is 14.3 Å². The van der Waals surface area contributed by atoms with Gasteiger partial charge in [-0.1, -0.05) is 12.7 Å². The van der Waals surface area contributed by atoms with Crippen LogP contribution in [0.1, 0.15) is 6.92 Å². The number of hydrogen-bond acceptors (Lipinski definition) is 4. The third kappa shape index (κ3) is 4.51. The fourth-order valence-electron chi connectivity index (χ4n) is 0.439. The van der Waals surface area contributed by atoms with Gasteiger partial charge < -0.3 is 14.6 Å². The zero-order chi connectivity index (χ0) is 9.56. The van der Waals surface area contributed by atoms with E-state index < -0.39 is 12.3 Å². The Morgan fingerprint density at radius 2 is 2.33 bits per heavy atom. The molecule has 4 nitrogen and oxygen atoms in total. The number of ether oxygens (including phenoxy) is 2. The number of hydrogen-bond donors (Lipinski definition) is 1. The molecule has 0 fully saturated rings. The van der Waals surface area contributed by atoms with Crippen LogP contribution in [0, 0.1) is 0 Å². The summed E-state index contributed by atoms with van der Waals surface area (Å²) in [5.74, 6) is -0.914. The van der Waals surface area contributed by atoms with E-state index in [1.807, 2.05) is 0 Å². The number of carbonyl (C=O) groups excluding carboxylic acids is 1. The molecule has 0 bridgehead atoms. The molecule has 1 atom stereocenters. The van der Waals surface area contributed by atoms with Crippen molar-refractivity contribution in [3.05, 3.63) is 25.0 Å². The van der Waals surface area contributed by atoms with Gasteiger partial charge in [0.15, 0.2) is 12.0 Å². The van der Waals surface area contributed by atoms with Crippen LogP contribution in [0.25, 0.3) is 0 Å². The lowest BCUT2D eigenvalue weighted by atomic mass is 10.5. The van der Waals surface area contributed by atoms with Crippen molar-refractivity contribution in [1.82, 2.24) is 0 Å². The molecule has 4 heteroatoms. The van der Waals surface area contributed by atoms with Crippen LogP contribution in [-0.4, -0.2) is 24.0 Å². The van der Waals surface area contributed by atoms with Crippen LogP contribution in [0.3, 0.4) is 0 Å². The van der Waals surface area contributed by atoms with Crippen molar-refractivity contribution in [3.63, 3.8) is 0 Å². The van der Waals surface area contributed by atoms with Crippen molar-refractivity contribution in [2.75, 3.05) is 6.61 Å². The summed E-state index contributed by atoms with van der Waals surface area (Å²) in [4.78, 5) is 10.8. The van der Waals surface area contributed by atoms with Gasteiger partial charge in [-0.3, -0.25) is 0 Å². The largest absolute Gasteiger partial charge is 0.483 e. The van der Waals surface area contributed by atoms with E-state index in [1.54, 1.807) is 0 Å². The van der Waals surface area contributed by atoms with Crippen LogP contribution in [0.5, 0.6) is 0 Å². The van der Waals surface area contributed by atoms with Crippen molar-refractivity contribution < 1.29 is 19.4 Å². The quantitative estimate of drug-likeness (QED) is 0.217. The Hall–Kier alpha value is -1.29. The fraction of sp³-hybridized carbons (Fsp3) is 0.375. The zero-order valence-electron chi connectivity index (χ0n) is 6.95.